The van der Waals surface area contributed by atoms with Crippen molar-refractivity contribution in [2.45, 2.75) is 12.6 Å². The Labute approximate surface area is 186 Å². The number of aliphatic hydroxyl groups excluding tert-OH is 1. The minimum absolute atomic E-state index is 0.323. The molecule has 1 aliphatic rings. The molecule has 0 unspecified atom stereocenters. The quantitative estimate of drug-likeness (QED) is 0.440. The number of piperazine rings is 1. The number of alkyl halides is 3. The Bertz CT molecular complexity index is 1150. The van der Waals surface area contributed by atoms with Crippen molar-refractivity contribution in [1.29, 1.82) is 0 Å². The summed E-state index contributed by atoms with van der Waals surface area (Å²) in [6, 6.07) is 5.45. The number of aliphatic hydroxyl groups is 1. The Morgan fingerprint density at radius 3 is 2.45 bits per heavy atom. The van der Waals surface area contributed by atoms with Gasteiger partial charge in [0.25, 0.3) is 0 Å². The van der Waals surface area contributed by atoms with Crippen molar-refractivity contribution in [2.75, 3.05) is 31.1 Å². The highest BCUT2D eigenvalue weighted by molar-refractivity contribution is 5.88. The van der Waals surface area contributed by atoms with Gasteiger partial charge in [-0.3, -0.25) is 9.69 Å². The molecular weight excluding hydrogens is 441 g/mol. The third kappa shape index (κ3) is 5.12. The number of ether oxygens (including phenoxy) is 1. The van der Waals surface area contributed by atoms with Gasteiger partial charge in [-0.2, -0.15) is 4.98 Å². The predicted octanol–water partition coefficient (Wildman–Crippen LogP) is 2.12. The zero-order valence-corrected chi connectivity index (χ0v) is 17.6. The fraction of sp³-hybridized carbons (Fsp3) is 0.333. The number of halogens is 3. The number of allylic oxidation sites excluding steroid dienone is 1. The molecule has 0 aliphatic carbocycles. The highest BCUT2D eigenvalue weighted by Gasteiger charge is 2.31. The normalized spacial score (nSPS) is 16.5. The molecular formula is C21H21F3N6O3. The molecule has 0 saturated carbocycles. The molecule has 3 aromatic rings. The van der Waals surface area contributed by atoms with E-state index in [4.69, 9.17) is 0 Å². The second-order valence-electron chi connectivity index (χ2n) is 7.43. The number of hydrogen-bond donors (Lipinski definition) is 1. The van der Waals surface area contributed by atoms with Crippen molar-refractivity contribution in [3.8, 4) is 17.0 Å². The number of aromatic nitrogens is 4. The minimum atomic E-state index is -4.77. The zero-order chi connectivity index (χ0) is 23.6. The zero-order valence-electron chi connectivity index (χ0n) is 17.6. The molecule has 3 heterocycles. The average Bonchev–Trinajstić information content (AvgIpc) is 3.17. The number of aryl methyl sites for hydroxylation is 1. The van der Waals surface area contributed by atoms with E-state index in [1.54, 1.807) is 17.9 Å². The van der Waals surface area contributed by atoms with E-state index in [2.05, 4.69) is 19.7 Å². The third-order valence-electron chi connectivity index (χ3n) is 5.24. The molecule has 4 rings (SSSR count). The summed E-state index contributed by atoms with van der Waals surface area (Å²) in [5, 5.41) is 10.1. The lowest BCUT2D eigenvalue weighted by atomic mass is 10.1. The van der Waals surface area contributed by atoms with Crippen LogP contribution < -0.4 is 9.64 Å². The monoisotopic (exact) mass is 462 g/mol. The van der Waals surface area contributed by atoms with Gasteiger partial charge in [0.15, 0.2) is 5.65 Å². The fourth-order valence-electron chi connectivity index (χ4n) is 3.61. The lowest BCUT2D eigenvalue weighted by Gasteiger charge is -2.36. The summed E-state index contributed by atoms with van der Waals surface area (Å²) in [6.45, 7) is 2.12. The van der Waals surface area contributed by atoms with Crippen LogP contribution in [0.5, 0.6) is 5.75 Å². The molecule has 0 radical (unpaired) electrons. The second kappa shape index (κ2) is 9.16. The van der Waals surface area contributed by atoms with E-state index in [9.17, 15) is 23.1 Å². The maximum Gasteiger partial charge on any atom is 0.573 e. The van der Waals surface area contributed by atoms with Gasteiger partial charge in [0.05, 0.1) is 6.33 Å². The Balaban J connectivity index is 1.61. The molecule has 0 spiro atoms. The van der Waals surface area contributed by atoms with Crippen LogP contribution in [0.25, 0.3) is 22.4 Å². The number of benzene rings is 1. The topological polar surface area (TPSA) is 96.6 Å². The van der Waals surface area contributed by atoms with Crippen molar-refractivity contribution in [3.05, 3.63) is 42.7 Å². The van der Waals surface area contributed by atoms with E-state index in [0.717, 1.165) is 0 Å². The van der Waals surface area contributed by atoms with Crippen LogP contribution in [0.2, 0.25) is 0 Å². The molecule has 33 heavy (non-hydrogen) atoms. The maximum atomic E-state index is 12.5. The lowest BCUT2D eigenvalue weighted by Crippen LogP contribution is -2.50. The van der Waals surface area contributed by atoms with Crippen molar-refractivity contribution in [3.63, 3.8) is 0 Å². The molecule has 1 N–H and O–H groups in total. The van der Waals surface area contributed by atoms with Gasteiger partial charge in [0.2, 0.25) is 5.95 Å². The van der Waals surface area contributed by atoms with Crippen LogP contribution in [0.4, 0.5) is 19.1 Å². The number of imidazole rings is 1. The average molecular weight is 462 g/mol. The predicted molar refractivity (Wildman–Crippen MR) is 113 cm³/mol. The molecule has 9 nitrogen and oxygen atoms in total. The first-order valence-electron chi connectivity index (χ1n) is 10.1. The molecule has 174 valence electrons. The van der Waals surface area contributed by atoms with Gasteiger partial charge in [0.1, 0.15) is 29.5 Å². The highest BCUT2D eigenvalue weighted by atomic mass is 19.4. The first kappa shape index (κ1) is 22.7. The number of rotatable bonds is 6. The molecule has 0 bridgehead atoms. The number of nitrogens with zero attached hydrogens (tertiary/aromatic N) is 6. The summed E-state index contributed by atoms with van der Waals surface area (Å²) >= 11 is 0. The number of fused-ring (bicyclic) bond motifs is 1. The Morgan fingerprint density at radius 1 is 1.12 bits per heavy atom. The summed E-state index contributed by atoms with van der Waals surface area (Å²) in [4.78, 5) is 27.9. The van der Waals surface area contributed by atoms with E-state index in [-0.39, 0.29) is 5.75 Å². The van der Waals surface area contributed by atoms with Gasteiger partial charge < -0.3 is 19.3 Å². The van der Waals surface area contributed by atoms with Crippen molar-refractivity contribution in [1.82, 2.24) is 24.4 Å². The number of carbonyl (C=O) groups is 1. The molecule has 1 atom stereocenters. The smallest absolute Gasteiger partial charge is 0.406 e. The Morgan fingerprint density at radius 2 is 1.82 bits per heavy atom. The van der Waals surface area contributed by atoms with Crippen LogP contribution in [0.1, 0.15) is 0 Å². The van der Waals surface area contributed by atoms with Gasteiger partial charge >= 0.3 is 6.36 Å². The van der Waals surface area contributed by atoms with Gasteiger partial charge in [-0.25, -0.2) is 9.97 Å². The lowest BCUT2D eigenvalue weighted by molar-refractivity contribution is -0.274. The molecule has 1 fully saturated rings. The minimum Gasteiger partial charge on any atom is -0.406 e. The second-order valence-corrected chi connectivity index (χ2v) is 7.43. The summed E-state index contributed by atoms with van der Waals surface area (Å²) in [6.07, 6.45) is -0.734. The van der Waals surface area contributed by atoms with E-state index < -0.39 is 12.6 Å². The number of carbonyl (C=O) groups excluding carboxylic acids is 1. The van der Waals surface area contributed by atoms with E-state index in [1.165, 1.54) is 36.4 Å². The van der Waals surface area contributed by atoms with Crippen LogP contribution in [-0.2, 0) is 11.8 Å². The first-order chi connectivity index (χ1) is 15.7. The molecule has 1 saturated heterocycles. The summed E-state index contributed by atoms with van der Waals surface area (Å²) < 4.78 is 43.1. The number of anilines is 1. The third-order valence-corrected chi connectivity index (χ3v) is 5.24. The van der Waals surface area contributed by atoms with Crippen molar-refractivity contribution < 1.29 is 27.8 Å². The van der Waals surface area contributed by atoms with Crippen molar-refractivity contribution in [2.24, 2.45) is 7.05 Å². The maximum absolute atomic E-state index is 12.5. The van der Waals surface area contributed by atoms with Crippen LogP contribution in [0, 0.1) is 0 Å². The summed E-state index contributed by atoms with van der Waals surface area (Å²) in [5.41, 5.74) is 2.18. The van der Waals surface area contributed by atoms with Gasteiger partial charge in [-0.1, -0.05) is 0 Å². The summed E-state index contributed by atoms with van der Waals surface area (Å²) in [7, 11) is 1.80. The molecule has 0 amide bonds. The van der Waals surface area contributed by atoms with Crippen LogP contribution in [0.15, 0.2) is 42.7 Å². The Kier molecular flexibility index (Phi) is 6.29. The van der Waals surface area contributed by atoms with E-state index in [0.29, 0.717) is 60.8 Å². The van der Waals surface area contributed by atoms with Gasteiger partial charge in [0, 0.05) is 38.8 Å². The SMILES string of the molecule is Cn1cnc2c(-c3ccc(OC(F)(F)F)cc3)nc(N3CCN([C@@H](O)/C=C/C=O)CC3)nc21. The van der Waals surface area contributed by atoms with Crippen molar-refractivity contribution >= 4 is 23.4 Å². The summed E-state index contributed by atoms with van der Waals surface area (Å²) in [5.74, 6) is 0.130. The molecule has 1 aliphatic heterocycles. The van der Waals surface area contributed by atoms with E-state index in [1.807, 2.05) is 9.80 Å². The molecule has 2 aromatic heterocycles. The van der Waals surface area contributed by atoms with E-state index >= 15 is 0 Å². The van der Waals surface area contributed by atoms with Crippen LogP contribution in [0.3, 0.4) is 0 Å². The first-order valence-corrected chi connectivity index (χ1v) is 10.1. The highest BCUT2D eigenvalue weighted by Crippen LogP contribution is 2.30. The van der Waals surface area contributed by atoms with Gasteiger partial charge in [-0.05, 0) is 36.4 Å². The number of aldehydes is 1. The standard InChI is InChI=1S/C21H21F3N6O3/c1-28-13-25-18-17(14-4-6-15(7-5-14)33-21(22,23)24)26-20(27-19(18)28)30-10-8-29(9-11-30)16(32)3-2-12-31/h2-7,12-13,16,32H,8-11H2,1H3/b3-2+/t16-/m0/s1. The fourth-order valence-corrected chi connectivity index (χ4v) is 3.61. The van der Waals surface area contributed by atoms with Crippen LogP contribution >= 0.6 is 0 Å². The Hall–Kier alpha value is -3.51. The number of hydrogen-bond acceptors (Lipinski definition) is 8. The largest absolute Gasteiger partial charge is 0.573 e. The van der Waals surface area contributed by atoms with Crippen LogP contribution in [-0.4, -0.2) is 74.6 Å². The van der Waals surface area contributed by atoms with Gasteiger partial charge in [-0.15, -0.1) is 13.2 Å². The molecule has 12 heteroatoms. The molecule has 1 aromatic carbocycles.